The number of hydrogen-bond donors (Lipinski definition) is 1. The molecule has 0 saturated carbocycles. The molecule has 5 heteroatoms. The maximum absolute atomic E-state index is 13.4. The van der Waals surface area contributed by atoms with Gasteiger partial charge in [-0.2, -0.15) is 0 Å². The van der Waals surface area contributed by atoms with E-state index in [1.165, 1.54) is 5.56 Å². The number of pyridine rings is 1. The molecule has 0 bridgehead atoms. The van der Waals surface area contributed by atoms with E-state index in [4.69, 9.17) is 11.6 Å². The average Bonchev–Trinajstić information content (AvgIpc) is 2.80. The molecule has 0 fully saturated rings. The van der Waals surface area contributed by atoms with E-state index in [0.29, 0.717) is 22.7 Å². The van der Waals surface area contributed by atoms with E-state index in [0.717, 1.165) is 28.5 Å². The lowest BCUT2D eigenvalue weighted by atomic mass is 10.1. The Morgan fingerprint density at radius 3 is 2.38 bits per heavy atom. The predicted molar refractivity (Wildman–Crippen MR) is 130 cm³/mol. The molecule has 0 aliphatic rings. The van der Waals surface area contributed by atoms with Crippen molar-refractivity contribution in [1.82, 2.24) is 9.88 Å². The van der Waals surface area contributed by atoms with Crippen molar-refractivity contribution in [2.24, 2.45) is 0 Å². The van der Waals surface area contributed by atoms with Gasteiger partial charge in [0, 0.05) is 28.2 Å². The van der Waals surface area contributed by atoms with Crippen LogP contribution in [0.4, 0.5) is 0 Å². The third-order valence-electron chi connectivity index (χ3n) is 5.66. The van der Waals surface area contributed by atoms with Gasteiger partial charge >= 0.3 is 0 Å². The van der Waals surface area contributed by atoms with Crippen LogP contribution in [0.15, 0.2) is 77.6 Å². The van der Waals surface area contributed by atoms with Crippen LogP contribution >= 0.6 is 11.6 Å². The normalized spacial score (nSPS) is 11.0. The Bertz CT molecular complexity index is 1330. The fraction of sp³-hybridized carbons (Fsp3) is 0.185. The van der Waals surface area contributed by atoms with Gasteiger partial charge in [-0.1, -0.05) is 60.5 Å². The first-order chi connectivity index (χ1) is 15.4. The van der Waals surface area contributed by atoms with Gasteiger partial charge in [-0.3, -0.25) is 9.59 Å². The van der Waals surface area contributed by atoms with Crippen molar-refractivity contribution in [1.29, 1.82) is 0 Å². The van der Waals surface area contributed by atoms with E-state index in [9.17, 15) is 9.59 Å². The minimum absolute atomic E-state index is 0.147. The minimum Gasteiger partial charge on any atom is -0.330 e. The number of rotatable bonds is 6. The van der Waals surface area contributed by atoms with Crippen LogP contribution in [-0.2, 0) is 19.5 Å². The molecule has 0 atom stereocenters. The number of H-pyrrole nitrogens is 1. The summed E-state index contributed by atoms with van der Waals surface area (Å²) in [6.45, 7) is 4.56. The fourth-order valence-electron chi connectivity index (χ4n) is 3.75. The van der Waals surface area contributed by atoms with Gasteiger partial charge in [0.25, 0.3) is 11.5 Å². The first kappa shape index (κ1) is 21.8. The van der Waals surface area contributed by atoms with E-state index in [2.05, 4.69) is 18.0 Å². The third-order valence-corrected chi connectivity index (χ3v) is 6.03. The number of aromatic nitrogens is 1. The monoisotopic (exact) mass is 444 g/mol. The van der Waals surface area contributed by atoms with E-state index in [-0.39, 0.29) is 18.0 Å². The SMILES string of the molecule is CCc1ccc2[nH]c(=O)c(CN(Cc3ccccc3Cl)C(=O)c3ccc(C)cc3)cc2c1. The van der Waals surface area contributed by atoms with Crippen LogP contribution in [0.25, 0.3) is 10.9 Å². The second-order valence-electron chi connectivity index (χ2n) is 8.02. The van der Waals surface area contributed by atoms with Crippen molar-refractivity contribution in [2.75, 3.05) is 0 Å². The zero-order valence-electron chi connectivity index (χ0n) is 18.2. The first-order valence-corrected chi connectivity index (χ1v) is 11.1. The van der Waals surface area contributed by atoms with Gasteiger partial charge in [-0.05, 0) is 66.3 Å². The Hall–Kier alpha value is -3.37. The van der Waals surface area contributed by atoms with Crippen LogP contribution in [0, 0.1) is 6.92 Å². The van der Waals surface area contributed by atoms with Crippen molar-refractivity contribution in [3.8, 4) is 0 Å². The molecule has 0 radical (unpaired) electrons. The lowest BCUT2D eigenvalue weighted by Crippen LogP contribution is -2.32. The van der Waals surface area contributed by atoms with Crippen LogP contribution in [0.2, 0.25) is 5.02 Å². The number of carbonyl (C=O) groups is 1. The second-order valence-corrected chi connectivity index (χ2v) is 8.42. The van der Waals surface area contributed by atoms with Gasteiger partial charge in [0.1, 0.15) is 0 Å². The number of carbonyl (C=O) groups excluding carboxylic acids is 1. The molecule has 0 aliphatic heterocycles. The quantitative estimate of drug-likeness (QED) is 0.402. The van der Waals surface area contributed by atoms with Crippen LogP contribution < -0.4 is 5.56 Å². The Balaban J connectivity index is 1.73. The largest absolute Gasteiger partial charge is 0.330 e. The summed E-state index contributed by atoms with van der Waals surface area (Å²) in [4.78, 5) is 30.9. The molecule has 1 heterocycles. The van der Waals surface area contributed by atoms with Gasteiger partial charge in [-0.15, -0.1) is 0 Å². The van der Waals surface area contributed by atoms with Crippen molar-refractivity contribution in [3.05, 3.63) is 116 Å². The van der Waals surface area contributed by atoms with Gasteiger partial charge in [0.05, 0.1) is 6.54 Å². The molecule has 1 amide bonds. The number of aryl methyl sites for hydroxylation is 2. The lowest BCUT2D eigenvalue weighted by molar-refractivity contribution is 0.0729. The maximum Gasteiger partial charge on any atom is 0.254 e. The Kier molecular flexibility index (Phi) is 6.42. The highest BCUT2D eigenvalue weighted by molar-refractivity contribution is 6.31. The van der Waals surface area contributed by atoms with Gasteiger partial charge in [0.2, 0.25) is 0 Å². The van der Waals surface area contributed by atoms with E-state index < -0.39 is 0 Å². The zero-order valence-corrected chi connectivity index (χ0v) is 18.9. The summed E-state index contributed by atoms with van der Waals surface area (Å²) >= 11 is 6.38. The highest BCUT2D eigenvalue weighted by Crippen LogP contribution is 2.21. The molecule has 3 aromatic carbocycles. The molecule has 1 aromatic heterocycles. The van der Waals surface area contributed by atoms with Crippen LogP contribution in [0.5, 0.6) is 0 Å². The first-order valence-electron chi connectivity index (χ1n) is 10.7. The summed E-state index contributed by atoms with van der Waals surface area (Å²) in [6.07, 6.45) is 0.912. The molecule has 4 rings (SSSR count). The molecule has 0 spiro atoms. The highest BCUT2D eigenvalue weighted by atomic mass is 35.5. The van der Waals surface area contributed by atoms with E-state index in [1.807, 2.05) is 67.6 Å². The summed E-state index contributed by atoms with van der Waals surface area (Å²) in [6, 6.07) is 22.8. The Morgan fingerprint density at radius 1 is 0.938 bits per heavy atom. The van der Waals surface area contributed by atoms with Gasteiger partial charge < -0.3 is 9.88 Å². The molecule has 4 aromatic rings. The van der Waals surface area contributed by atoms with E-state index in [1.54, 1.807) is 11.0 Å². The topological polar surface area (TPSA) is 53.2 Å². The number of nitrogens with one attached hydrogen (secondary N) is 1. The average molecular weight is 445 g/mol. The molecule has 1 N–H and O–H groups in total. The Labute approximate surface area is 192 Å². The fourth-order valence-corrected chi connectivity index (χ4v) is 3.95. The number of fused-ring (bicyclic) bond motifs is 1. The van der Waals surface area contributed by atoms with Crippen molar-refractivity contribution in [3.63, 3.8) is 0 Å². The number of amides is 1. The summed E-state index contributed by atoms with van der Waals surface area (Å²) in [5.41, 5.74) is 4.82. The smallest absolute Gasteiger partial charge is 0.254 e. The number of aromatic amines is 1. The molecule has 0 unspecified atom stereocenters. The number of nitrogens with zero attached hydrogens (tertiary/aromatic N) is 1. The van der Waals surface area contributed by atoms with Crippen molar-refractivity contribution in [2.45, 2.75) is 33.4 Å². The van der Waals surface area contributed by atoms with Crippen molar-refractivity contribution >= 4 is 28.4 Å². The molecule has 4 nitrogen and oxygen atoms in total. The van der Waals surface area contributed by atoms with Crippen LogP contribution in [-0.4, -0.2) is 15.8 Å². The maximum atomic E-state index is 13.4. The van der Waals surface area contributed by atoms with Gasteiger partial charge in [-0.25, -0.2) is 0 Å². The second kappa shape index (κ2) is 9.41. The van der Waals surface area contributed by atoms with E-state index >= 15 is 0 Å². The zero-order chi connectivity index (χ0) is 22.7. The molecular formula is C27H25ClN2O2. The lowest BCUT2D eigenvalue weighted by Gasteiger charge is -2.23. The third kappa shape index (κ3) is 4.76. The number of hydrogen-bond acceptors (Lipinski definition) is 2. The highest BCUT2D eigenvalue weighted by Gasteiger charge is 2.19. The Morgan fingerprint density at radius 2 is 1.66 bits per heavy atom. The summed E-state index contributed by atoms with van der Waals surface area (Å²) in [7, 11) is 0. The molecule has 0 saturated heterocycles. The summed E-state index contributed by atoms with van der Waals surface area (Å²) < 4.78 is 0. The summed E-state index contributed by atoms with van der Waals surface area (Å²) in [5.74, 6) is -0.147. The molecular weight excluding hydrogens is 420 g/mol. The van der Waals surface area contributed by atoms with Crippen molar-refractivity contribution < 1.29 is 4.79 Å². The standard InChI is InChI=1S/C27H25ClN2O2/c1-3-19-10-13-25-22(14-19)15-23(26(31)29-25)17-30(16-21-6-4-5-7-24(21)28)27(32)20-11-8-18(2)9-12-20/h4-15H,3,16-17H2,1-2H3,(H,29,31). The molecule has 32 heavy (non-hydrogen) atoms. The predicted octanol–water partition coefficient (Wildman–Crippen LogP) is 5.89. The van der Waals surface area contributed by atoms with Gasteiger partial charge in [0.15, 0.2) is 0 Å². The number of halogens is 1. The van der Waals surface area contributed by atoms with Crippen LogP contribution in [0.3, 0.4) is 0 Å². The number of benzene rings is 3. The van der Waals surface area contributed by atoms with Crippen LogP contribution in [0.1, 0.15) is 39.5 Å². The summed E-state index contributed by atoms with van der Waals surface area (Å²) in [5, 5.41) is 1.55. The minimum atomic E-state index is -0.192. The molecule has 0 aliphatic carbocycles. The molecule has 162 valence electrons.